The minimum Gasteiger partial charge on any atom is -0.389 e. The number of ether oxygens (including phenoxy) is 1. The molecule has 0 saturated carbocycles. The van der Waals surface area contributed by atoms with Crippen LogP contribution in [0.3, 0.4) is 0 Å². The third-order valence-electron chi connectivity index (χ3n) is 2.66. The van der Waals surface area contributed by atoms with Crippen LogP contribution in [0.4, 0.5) is 14.5 Å². The Morgan fingerprint density at radius 1 is 1.48 bits per heavy atom. The van der Waals surface area contributed by atoms with Gasteiger partial charge in [-0.05, 0) is 6.07 Å². The van der Waals surface area contributed by atoms with E-state index in [2.05, 4.69) is 4.74 Å². The van der Waals surface area contributed by atoms with E-state index in [1.165, 1.54) is 14.2 Å². The van der Waals surface area contributed by atoms with Crippen molar-refractivity contribution in [2.24, 2.45) is 0 Å². The highest BCUT2D eigenvalue weighted by atomic mass is 19.2. The number of aliphatic hydroxyl groups excluding tert-OH is 1. The third-order valence-corrected chi connectivity index (χ3v) is 2.66. The normalized spacial score (nSPS) is 12.0. The van der Waals surface area contributed by atoms with Gasteiger partial charge in [-0.2, -0.15) is 0 Å². The van der Waals surface area contributed by atoms with E-state index >= 15 is 0 Å². The lowest BCUT2D eigenvalue weighted by Crippen LogP contribution is -2.36. The molecule has 0 heterocycles. The second kappa shape index (κ2) is 7.04. The Bertz CT molecular complexity index is 553. The first-order valence-corrected chi connectivity index (χ1v) is 5.83. The van der Waals surface area contributed by atoms with Crippen LogP contribution in [0, 0.1) is 21.7 Å². The molecule has 9 heteroatoms. The molecule has 1 aromatic rings. The first-order valence-electron chi connectivity index (χ1n) is 5.83. The van der Waals surface area contributed by atoms with Crippen molar-refractivity contribution >= 4 is 11.6 Å². The van der Waals surface area contributed by atoms with Crippen molar-refractivity contribution in [1.29, 1.82) is 0 Å². The minimum atomic E-state index is -1.42. The highest BCUT2D eigenvalue weighted by molar-refractivity contribution is 5.98. The number of nitro benzene ring substituents is 1. The fourth-order valence-electron chi connectivity index (χ4n) is 1.71. The van der Waals surface area contributed by atoms with Crippen molar-refractivity contribution in [2.75, 3.05) is 27.3 Å². The Morgan fingerprint density at radius 2 is 2.05 bits per heavy atom. The Morgan fingerprint density at radius 3 is 2.57 bits per heavy atom. The molecule has 0 aliphatic rings. The maximum Gasteiger partial charge on any atom is 0.285 e. The summed E-state index contributed by atoms with van der Waals surface area (Å²) in [4.78, 5) is 22.9. The summed E-state index contributed by atoms with van der Waals surface area (Å²) in [6.45, 7) is -0.222. The molecule has 0 aliphatic carbocycles. The number of benzene rings is 1. The van der Waals surface area contributed by atoms with Gasteiger partial charge in [0.15, 0.2) is 11.6 Å². The first-order chi connectivity index (χ1) is 9.77. The molecule has 21 heavy (non-hydrogen) atoms. The number of carbonyl (C=O) groups excluding carboxylic acids is 1. The highest BCUT2D eigenvalue weighted by Crippen LogP contribution is 2.23. The van der Waals surface area contributed by atoms with Gasteiger partial charge in [0.05, 0.1) is 23.7 Å². The summed E-state index contributed by atoms with van der Waals surface area (Å²) in [7, 11) is 2.62. The lowest BCUT2D eigenvalue weighted by atomic mass is 10.1. The number of nitro groups is 1. The molecule has 0 aliphatic heterocycles. The molecule has 0 bridgehead atoms. The van der Waals surface area contributed by atoms with E-state index < -0.39 is 39.8 Å². The monoisotopic (exact) mass is 304 g/mol. The second-order valence-electron chi connectivity index (χ2n) is 4.34. The molecular formula is C12H14F2N2O5. The summed E-state index contributed by atoms with van der Waals surface area (Å²) in [5.41, 5.74) is -1.43. The number of carbonyl (C=O) groups is 1. The number of halogens is 2. The van der Waals surface area contributed by atoms with Gasteiger partial charge in [0, 0.05) is 20.7 Å². The van der Waals surface area contributed by atoms with Gasteiger partial charge >= 0.3 is 0 Å². The number of nitrogens with zero attached hydrogens (tertiary/aromatic N) is 2. The van der Waals surface area contributed by atoms with E-state index in [0.29, 0.717) is 12.1 Å². The fraction of sp³-hybridized carbons (Fsp3) is 0.417. The average Bonchev–Trinajstić information content (AvgIpc) is 2.40. The van der Waals surface area contributed by atoms with Crippen molar-refractivity contribution in [1.82, 2.24) is 4.90 Å². The zero-order valence-corrected chi connectivity index (χ0v) is 11.4. The molecule has 1 unspecified atom stereocenters. The molecule has 1 amide bonds. The van der Waals surface area contributed by atoms with Crippen LogP contribution in [0.25, 0.3) is 0 Å². The van der Waals surface area contributed by atoms with Crippen molar-refractivity contribution < 1.29 is 28.3 Å². The number of rotatable bonds is 6. The van der Waals surface area contributed by atoms with Crippen molar-refractivity contribution in [2.45, 2.75) is 6.10 Å². The molecular weight excluding hydrogens is 290 g/mol. The predicted molar refractivity (Wildman–Crippen MR) is 67.9 cm³/mol. The van der Waals surface area contributed by atoms with Crippen molar-refractivity contribution in [3.8, 4) is 0 Å². The van der Waals surface area contributed by atoms with Crippen LogP contribution >= 0.6 is 0 Å². The van der Waals surface area contributed by atoms with Crippen LogP contribution in [-0.2, 0) is 4.74 Å². The van der Waals surface area contributed by atoms with Crippen LogP contribution in [0.5, 0.6) is 0 Å². The molecule has 1 atom stereocenters. The van der Waals surface area contributed by atoms with Crippen molar-refractivity contribution in [3.05, 3.63) is 39.4 Å². The quantitative estimate of drug-likeness (QED) is 0.624. The lowest BCUT2D eigenvalue weighted by Gasteiger charge is -2.20. The summed E-state index contributed by atoms with van der Waals surface area (Å²) in [6.07, 6.45) is -1.01. The SMILES string of the molecule is COCC(O)CN(C)C(=O)c1cc(F)c(F)cc1[N+](=O)[O-]. The number of aliphatic hydroxyl groups is 1. The van der Waals surface area contributed by atoms with E-state index in [1.807, 2.05) is 0 Å². The Hall–Kier alpha value is -2.13. The van der Waals surface area contributed by atoms with Gasteiger partial charge in [0.25, 0.3) is 11.6 Å². The minimum absolute atomic E-state index is 0.0442. The van der Waals surface area contributed by atoms with Gasteiger partial charge < -0.3 is 14.7 Å². The van der Waals surface area contributed by atoms with Gasteiger partial charge in [-0.3, -0.25) is 14.9 Å². The van der Waals surface area contributed by atoms with Crippen molar-refractivity contribution in [3.63, 3.8) is 0 Å². The maximum atomic E-state index is 13.2. The number of amides is 1. The number of likely N-dealkylation sites (N-methyl/N-ethyl adjacent to an activating group) is 1. The smallest absolute Gasteiger partial charge is 0.285 e. The largest absolute Gasteiger partial charge is 0.389 e. The van der Waals surface area contributed by atoms with Crippen LogP contribution in [0.1, 0.15) is 10.4 Å². The van der Waals surface area contributed by atoms with Crippen LogP contribution < -0.4 is 0 Å². The zero-order chi connectivity index (χ0) is 16.2. The maximum absolute atomic E-state index is 13.2. The molecule has 0 radical (unpaired) electrons. The van der Waals surface area contributed by atoms with Gasteiger partial charge in [-0.15, -0.1) is 0 Å². The summed E-state index contributed by atoms with van der Waals surface area (Å²) in [5, 5.41) is 20.3. The van der Waals surface area contributed by atoms with E-state index in [9.17, 15) is 28.8 Å². The topological polar surface area (TPSA) is 92.9 Å². The molecule has 1 N–H and O–H groups in total. The highest BCUT2D eigenvalue weighted by Gasteiger charge is 2.26. The van der Waals surface area contributed by atoms with E-state index in [-0.39, 0.29) is 13.2 Å². The molecule has 1 aromatic carbocycles. The Kier molecular flexibility index (Phi) is 5.68. The van der Waals surface area contributed by atoms with E-state index in [0.717, 1.165) is 4.90 Å². The van der Waals surface area contributed by atoms with Gasteiger partial charge in [0.2, 0.25) is 0 Å². The molecule has 0 spiro atoms. The molecule has 1 rings (SSSR count). The first kappa shape index (κ1) is 16.9. The zero-order valence-electron chi connectivity index (χ0n) is 11.4. The fourth-order valence-corrected chi connectivity index (χ4v) is 1.71. The van der Waals surface area contributed by atoms with Gasteiger partial charge in [-0.25, -0.2) is 8.78 Å². The Labute approximate surface area is 118 Å². The summed E-state index contributed by atoms with van der Waals surface area (Å²) in [5.74, 6) is -3.69. The molecule has 0 saturated heterocycles. The third kappa shape index (κ3) is 4.17. The summed E-state index contributed by atoms with van der Waals surface area (Å²) in [6, 6.07) is 0.816. The molecule has 0 fully saturated rings. The second-order valence-corrected chi connectivity index (χ2v) is 4.34. The molecule has 116 valence electrons. The van der Waals surface area contributed by atoms with Gasteiger partial charge in [-0.1, -0.05) is 0 Å². The summed E-state index contributed by atoms with van der Waals surface area (Å²) >= 11 is 0. The number of hydrogen-bond acceptors (Lipinski definition) is 5. The number of hydrogen-bond donors (Lipinski definition) is 1. The predicted octanol–water partition coefficient (Wildman–Crippen LogP) is 0.952. The number of methoxy groups -OCH3 is 1. The lowest BCUT2D eigenvalue weighted by molar-refractivity contribution is -0.385. The van der Waals surface area contributed by atoms with E-state index in [4.69, 9.17) is 0 Å². The average molecular weight is 304 g/mol. The molecule has 7 nitrogen and oxygen atoms in total. The van der Waals surface area contributed by atoms with Crippen LogP contribution in [-0.4, -0.2) is 54.3 Å². The molecule has 0 aromatic heterocycles. The van der Waals surface area contributed by atoms with E-state index in [1.54, 1.807) is 0 Å². The summed E-state index contributed by atoms with van der Waals surface area (Å²) < 4.78 is 30.9. The Balaban J connectivity index is 3.06. The van der Waals surface area contributed by atoms with Gasteiger partial charge in [0.1, 0.15) is 5.56 Å². The van der Waals surface area contributed by atoms with Crippen LogP contribution in [0.2, 0.25) is 0 Å². The standard InChI is InChI=1S/C12H14F2N2O5/c1-15(5-7(17)6-21-2)12(18)8-3-9(13)10(14)4-11(8)16(19)20/h3-4,7,17H,5-6H2,1-2H3. The van der Waals surface area contributed by atoms with Crippen LogP contribution in [0.15, 0.2) is 12.1 Å².